The molecule has 1 aromatic rings. The molecule has 0 saturated carbocycles. The number of hydrogen-bond acceptors (Lipinski definition) is 5. The lowest BCUT2D eigenvalue weighted by atomic mass is 10.1. The van der Waals surface area contributed by atoms with Crippen LogP contribution in [0.25, 0.3) is 0 Å². The lowest BCUT2D eigenvalue weighted by Gasteiger charge is -2.28. The van der Waals surface area contributed by atoms with Crippen LogP contribution in [0.1, 0.15) is 18.9 Å². The van der Waals surface area contributed by atoms with Crippen LogP contribution in [0.4, 0.5) is 5.82 Å². The molecular formula is C11H16N4OS. The molecule has 1 aromatic heterocycles. The largest absolute Gasteiger partial charge is 0.389 e. The molecule has 1 aliphatic heterocycles. The van der Waals surface area contributed by atoms with Crippen molar-refractivity contribution in [3.8, 4) is 0 Å². The van der Waals surface area contributed by atoms with Crippen LogP contribution < -0.4 is 10.6 Å². The van der Waals surface area contributed by atoms with Gasteiger partial charge in [-0.2, -0.15) is 5.10 Å². The van der Waals surface area contributed by atoms with Crippen LogP contribution in [0.15, 0.2) is 12.3 Å². The van der Waals surface area contributed by atoms with Gasteiger partial charge < -0.3 is 15.4 Å². The van der Waals surface area contributed by atoms with Gasteiger partial charge in [0.1, 0.15) is 4.99 Å². The van der Waals surface area contributed by atoms with E-state index in [1.165, 1.54) is 0 Å². The average molecular weight is 252 g/mol. The minimum atomic E-state index is 0.182. The number of thiocarbonyl (C=S) groups is 1. The minimum Gasteiger partial charge on any atom is -0.389 e. The monoisotopic (exact) mass is 252 g/mol. The van der Waals surface area contributed by atoms with Crippen molar-refractivity contribution in [2.24, 2.45) is 5.73 Å². The molecule has 2 unspecified atom stereocenters. The summed E-state index contributed by atoms with van der Waals surface area (Å²) in [4.78, 5) is 2.40. The molecule has 0 aliphatic carbocycles. The van der Waals surface area contributed by atoms with Crippen molar-refractivity contribution in [1.29, 1.82) is 0 Å². The van der Waals surface area contributed by atoms with Gasteiger partial charge >= 0.3 is 0 Å². The van der Waals surface area contributed by atoms with E-state index < -0.39 is 0 Å². The number of ether oxygens (including phenoxy) is 1. The summed E-state index contributed by atoms with van der Waals surface area (Å²) in [5.74, 6) is 0.724. The number of aromatic nitrogens is 2. The molecule has 6 heteroatoms. The van der Waals surface area contributed by atoms with Gasteiger partial charge in [-0.15, -0.1) is 5.10 Å². The zero-order valence-electron chi connectivity index (χ0n) is 9.96. The average Bonchev–Trinajstić information content (AvgIpc) is 2.74. The Labute approximate surface area is 106 Å². The van der Waals surface area contributed by atoms with Gasteiger partial charge in [0.25, 0.3) is 0 Å². The quantitative estimate of drug-likeness (QED) is 0.800. The summed E-state index contributed by atoms with van der Waals surface area (Å²) >= 11 is 5.02. The lowest BCUT2D eigenvalue weighted by molar-refractivity contribution is 0.118. The molecule has 2 N–H and O–H groups in total. The maximum Gasteiger partial charge on any atom is 0.161 e. The summed E-state index contributed by atoms with van der Waals surface area (Å²) in [6.07, 6.45) is 2.76. The zero-order chi connectivity index (χ0) is 12.4. The van der Waals surface area contributed by atoms with E-state index in [9.17, 15) is 0 Å². The van der Waals surface area contributed by atoms with Crippen molar-refractivity contribution in [2.75, 3.05) is 18.6 Å². The Hall–Kier alpha value is -1.27. The van der Waals surface area contributed by atoms with Crippen molar-refractivity contribution in [3.63, 3.8) is 0 Å². The first kappa shape index (κ1) is 12.2. The number of nitrogens with zero attached hydrogens (tertiary/aromatic N) is 3. The maximum atomic E-state index is 5.69. The van der Waals surface area contributed by atoms with Gasteiger partial charge in [-0.05, 0) is 19.4 Å². The van der Waals surface area contributed by atoms with Crippen LogP contribution in [-0.2, 0) is 4.74 Å². The Morgan fingerprint density at radius 2 is 2.41 bits per heavy atom. The highest BCUT2D eigenvalue weighted by molar-refractivity contribution is 7.80. The lowest BCUT2D eigenvalue weighted by Crippen LogP contribution is -2.38. The molecular weight excluding hydrogens is 236 g/mol. The predicted molar refractivity (Wildman–Crippen MR) is 70.1 cm³/mol. The van der Waals surface area contributed by atoms with E-state index in [0.717, 1.165) is 24.4 Å². The van der Waals surface area contributed by atoms with Crippen LogP contribution in [0.2, 0.25) is 0 Å². The fraction of sp³-hybridized carbons (Fsp3) is 0.545. The minimum absolute atomic E-state index is 0.182. The third kappa shape index (κ3) is 2.37. The number of nitrogens with two attached hydrogens (primary N) is 1. The van der Waals surface area contributed by atoms with Crippen molar-refractivity contribution in [3.05, 3.63) is 17.8 Å². The summed E-state index contributed by atoms with van der Waals surface area (Å²) in [6, 6.07) is 2.08. The van der Waals surface area contributed by atoms with Crippen molar-refractivity contribution in [2.45, 2.75) is 25.5 Å². The topological polar surface area (TPSA) is 64.3 Å². The summed E-state index contributed by atoms with van der Waals surface area (Å²) in [5, 5.41) is 8.03. The SMILES string of the molecule is CC1OCCC1N(C)c1nnccc1C(N)=S. The molecule has 1 saturated heterocycles. The smallest absolute Gasteiger partial charge is 0.161 e. The van der Waals surface area contributed by atoms with E-state index in [4.69, 9.17) is 22.7 Å². The van der Waals surface area contributed by atoms with Crippen LogP contribution in [0, 0.1) is 0 Å². The van der Waals surface area contributed by atoms with E-state index >= 15 is 0 Å². The van der Waals surface area contributed by atoms with Gasteiger partial charge in [0.05, 0.1) is 23.9 Å². The number of rotatable bonds is 3. The number of anilines is 1. The molecule has 1 fully saturated rings. The highest BCUT2D eigenvalue weighted by Crippen LogP contribution is 2.24. The highest BCUT2D eigenvalue weighted by atomic mass is 32.1. The highest BCUT2D eigenvalue weighted by Gasteiger charge is 2.30. The fourth-order valence-electron chi connectivity index (χ4n) is 2.16. The first-order valence-electron chi connectivity index (χ1n) is 5.57. The summed E-state index contributed by atoms with van der Waals surface area (Å²) in [7, 11) is 1.97. The third-order valence-electron chi connectivity index (χ3n) is 3.13. The predicted octanol–water partition coefficient (Wildman–Crippen LogP) is 0.724. The van der Waals surface area contributed by atoms with Crippen LogP contribution in [0.3, 0.4) is 0 Å². The van der Waals surface area contributed by atoms with Gasteiger partial charge in [0, 0.05) is 13.7 Å². The molecule has 2 rings (SSSR count). The summed E-state index contributed by atoms with van der Waals surface area (Å²) in [5.41, 5.74) is 6.45. The Balaban J connectivity index is 2.30. The Bertz CT molecular complexity index is 426. The van der Waals surface area contributed by atoms with E-state index in [-0.39, 0.29) is 6.10 Å². The standard InChI is InChI=1S/C11H16N4OS/c1-7-9(4-6-16-7)15(2)11-8(10(12)17)3-5-13-14-11/h3,5,7,9H,4,6H2,1-2H3,(H2,12,17). The van der Waals surface area contributed by atoms with Gasteiger partial charge in [0.2, 0.25) is 0 Å². The molecule has 1 aliphatic rings. The van der Waals surface area contributed by atoms with Crippen LogP contribution >= 0.6 is 12.2 Å². The molecule has 92 valence electrons. The number of hydrogen-bond donors (Lipinski definition) is 1. The molecule has 2 atom stereocenters. The van der Waals surface area contributed by atoms with E-state index in [0.29, 0.717) is 11.0 Å². The summed E-state index contributed by atoms with van der Waals surface area (Å²) in [6.45, 7) is 2.84. The van der Waals surface area contributed by atoms with Crippen LogP contribution in [-0.4, -0.2) is 41.0 Å². The Morgan fingerprint density at radius 1 is 1.65 bits per heavy atom. The molecule has 17 heavy (non-hydrogen) atoms. The summed E-state index contributed by atoms with van der Waals surface area (Å²) < 4.78 is 5.55. The van der Waals surface area contributed by atoms with Crippen molar-refractivity contribution >= 4 is 23.0 Å². The van der Waals surface area contributed by atoms with Crippen molar-refractivity contribution in [1.82, 2.24) is 10.2 Å². The second-order valence-electron chi connectivity index (χ2n) is 4.18. The molecule has 5 nitrogen and oxygen atoms in total. The Kier molecular flexibility index (Phi) is 3.54. The number of likely N-dealkylation sites (N-methyl/N-ethyl adjacent to an activating group) is 1. The van der Waals surface area contributed by atoms with Gasteiger partial charge in [-0.25, -0.2) is 0 Å². The van der Waals surface area contributed by atoms with E-state index in [2.05, 4.69) is 22.0 Å². The molecule has 0 bridgehead atoms. The molecule has 0 radical (unpaired) electrons. The first-order chi connectivity index (χ1) is 8.11. The second kappa shape index (κ2) is 4.93. The van der Waals surface area contributed by atoms with Gasteiger partial charge in [0.15, 0.2) is 5.82 Å². The zero-order valence-corrected chi connectivity index (χ0v) is 10.8. The second-order valence-corrected chi connectivity index (χ2v) is 4.62. The maximum absolute atomic E-state index is 5.69. The third-order valence-corrected chi connectivity index (χ3v) is 3.35. The van der Waals surface area contributed by atoms with Gasteiger partial charge in [-0.1, -0.05) is 12.2 Å². The molecule has 0 spiro atoms. The fourth-order valence-corrected chi connectivity index (χ4v) is 2.32. The Morgan fingerprint density at radius 3 is 3.00 bits per heavy atom. The van der Waals surface area contributed by atoms with E-state index in [1.54, 1.807) is 12.3 Å². The van der Waals surface area contributed by atoms with Crippen LogP contribution in [0.5, 0.6) is 0 Å². The normalized spacial score (nSPS) is 23.6. The molecule has 2 heterocycles. The van der Waals surface area contributed by atoms with E-state index in [1.807, 2.05) is 7.05 Å². The molecule has 0 amide bonds. The molecule has 0 aromatic carbocycles. The van der Waals surface area contributed by atoms with Gasteiger partial charge in [-0.3, -0.25) is 0 Å². The first-order valence-corrected chi connectivity index (χ1v) is 5.98. The van der Waals surface area contributed by atoms with Crippen molar-refractivity contribution < 1.29 is 4.74 Å².